The number of ether oxygens (including phenoxy) is 6. The minimum absolute atomic E-state index is 0.0337. The Kier molecular flexibility index (Phi) is 15.1. The van der Waals surface area contributed by atoms with E-state index in [-0.39, 0.29) is 31.5 Å². The summed E-state index contributed by atoms with van der Waals surface area (Å²) < 4.78 is 38.9. The number of likely N-dealkylation sites (N-methyl/N-ethyl adjacent to an activating group) is 1. The SMILES string of the molecule is CC[C@H]1OC(=O)C(C)C(=O)[C@H](C)[C@@H](O[C@@H]2OC(C)CC(N(C)C)C2O)[C@](C)(OC)C[C@@H](C)C(=O)O[C@H](C)[C@H]2N(CCCCn3cc(-c4cccc(N)c4)nn3)C(=O)O[C@]12C. The Bertz CT molecular complexity index is 1830. The number of cyclic esters (lactones) is 2. The van der Waals surface area contributed by atoms with Crippen molar-refractivity contribution < 1.29 is 52.7 Å². The van der Waals surface area contributed by atoms with Gasteiger partial charge in [-0.1, -0.05) is 38.1 Å². The van der Waals surface area contributed by atoms with Crippen LogP contribution in [0.4, 0.5) is 10.5 Å². The summed E-state index contributed by atoms with van der Waals surface area (Å²) >= 11 is 0. The van der Waals surface area contributed by atoms with Crippen molar-refractivity contribution in [3.05, 3.63) is 30.5 Å². The Hall–Kier alpha value is -4.16. The third-order valence-electron chi connectivity index (χ3n) is 12.7. The summed E-state index contributed by atoms with van der Waals surface area (Å²) in [5.74, 6) is -4.94. The molecular formula is C43H66N6O11. The van der Waals surface area contributed by atoms with Crippen LogP contribution in [0.5, 0.6) is 0 Å². The second-order valence-corrected chi connectivity index (χ2v) is 17.5. The number of carbonyl (C=O) groups excluding carboxylic acids is 4. The van der Waals surface area contributed by atoms with Crippen molar-refractivity contribution in [1.82, 2.24) is 24.8 Å². The topological polar surface area (TPSA) is 207 Å². The van der Waals surface area contributed by atoms with Crippen LogP contribution in [0.3, 0.4) is 0 Å². The van der Waals surface area contributed by atoms with Crippen molar-refractivity contribution in [3.8, 4) is 11.3 Å². The molecule has 1 amide bonds. The summed E-state index contributed by atoms with van der Waals surface area (Å²) in [5, 5.41) is 20.0. The number of rotatable bonds is 11. The average Bonchev–Trinajstić information content (AvgIpc) is 3.78. The van der Waals surface area contributed by atoms with Gasteiger partial charge < -0.3 is 44.2 Å². The number of methoxy groups -OCH3 is 1. The normalized spacial score (nSPS) is 36.0. The third-order valence-corrected chi connectivity index (χ3v) is 12.7. The monoisotopic (exact) mass is 842 g/mol. The summed E-state index contributed by atoms with van der Waals surface area (Å²) in [5.41, 5.74) is 5.32. The van der Waals surface area contributed by atoms with Crippen molar-refractivity contribution >= 4 is 29.5 Å². The highest BCUT2D eigenvalue weighted by atomic mass is 16.7. The van der Waals surface area contributed by atoms with Gasteiger partial charge in [-0.2, -0.15) is 0 Å². The molecule has 3 fully saturated rings. The number of amides is 1. The fraction of sp³-hybridized carbons (Fsp3) is 0.721. The summed E-state index contributed by atoms with van der Waals surface area (Å²) in [4.78, 5) is 59.7. The lowest BCUT2D eigenvalue weighted by atomic mass is 9.78. The van der Waals surface area contributed by atoms with Crippen molar-refractivity contribution in [1.29, 1.82) is 0 Å². The number of Topliss-reactive ketones (excluding diaryl/α,β-unsaturated/α-hetero) is 1. The van der Waals surface area contributed by atoms with Gasteiger partial charge in [0, 0.05) is 43.4 Å². The Morgan fingerprint density at radius 3 is 2.37 bits per heavy atom. The molecule has 2 aromatic rings. The number of aromatic nitrogens is 3. The lowest BCUT2D eigenvalue weighted by Crippen LogP contribution is -2.59. The molecule has 0 aliphatic carbocycles. The molecule has 4 heterocycles. The van der Waals surface area contributed by atoms with Crippen LogP contribution in [0, 0.1) is 17.8 Å². The molecule has 0 spiro atoms. The van der Waals surface area contributed by atoms with Gasteiger partial charge >= 0.3 is 18.0 Å². The molecule has 17 nitrogen and oxygen atoms in total. The van der Waals surface area contributed by atoms with Gasteiger partial charge in [0.2, 0.25) is 0 Å². The second-order valence-electron chi connectivity index (χ2n) is 17.5. The van der Waals surface area contributed by atoms with E-state index in [0.29, 0.717) is 37.2 Å². The largest absolute Gasteiger partial charge is 0.460 e. The molecule has 4 unspecified atom stereocenters. The number of hydrogen-bond donors (Lipinski definition) is 2. The van der Waals surface area contributed by atoms with E-state index in [4.69, 9.17) is 34.2 Å². The minimum atomic E-state index is -1.46. The van der Waals surface area contributed by atoms with E-state index >= 15 is 0 Å². The highest BCUT2D eigenvalue weighted by Gasteiger charge is 2.60. The number of nitrogens with zero attached hydrogens (tertiary/aromatic N) is 5. The maximum absolute atomic E-state index is 14.4. The molecule has 334 valence electrons. The smallest absolute Gasteiger partial charge is 0.411 e. The molecule has 1 aromatic heterocycles. The molecular weight excluding hydrogens is 777 g/mol. The third kappa shape index (κ3) is 9.96. The fourth-order valence-corrected chi connectivity index (χ4v) is 9.20. The Labute approximate surface area is 353 Å². The van der Waals surface area contributed by atoms with Crippen LogP contribution in [-0.4, -0.2) is 142 Å². The number of esters is 2. The lowest BCUT2D eigenvalue weighted by molar-refractivity contribution is -0.295. The predicted molar refractivity (Wildman–Crippen MR) is 220 cm³/mol. The van der Waals surface area contributed by atoms with Crippen LogP contribution >= 0.6 is 0 Å². The Morgan fingerprint density at radius 1 is 1.02 bits per heavy atom. The van der Waals surface area contributed by atoms with Crippen molar-refractivity contribution in [3.63, 3.8) is 0 Å². The summed E-state index contributed by atoms with van der Waals surface area (Å²) in [6, 6.07) is 6.23. The van der Waals surface area contributed by atoms with Crippen molar-refractivity contribution in [2.24, 2.45) is 17.8 Å². The minimum Gasteiger partial charge on any atom is -0.460 e. The molecule has 3 aliphatic heterocycles. The standard InChI is InChI=1S/C43H66N6O11/c1-12-33-43(8)36(49(41(54)60-43)19-14-13-18-48-23-31(45-46-48)29-16-15-17-30(44)21-29)28(6)57-38(52)24(2)22-42(7,55-11)37(26(4)34(50)27(5)39(53)58-33)59-40-35(51)32(47(9)10)20-25(3)56-40/h15-17,21,23-28,32-33,35-37,40,51H,12-14,18-20,22,44H2,1-11H3/t24-,25?,26+,27?,28-,32?,33-,35?,36-,37-,40+,42-,43-/m1/s1. The molecule has 0 bridgehead atoms. The summed E-state index contributed by atoms with van der Waals surface area (Å²) in [7, 11) is 5.18. The van der Waals surface area contributed by atoms with E-state index in [1.165, 1.54) is 18.9 Å². The second kappa shape index (κ2) is 19.3. The van der Waals surface area contributed by atoms with Gasteiger partial charge in [0.25, 0.3) is 0 Å². The van der Waals surface area contributed by atoms with Gasteiger partial charge in [0.1, 0.15) is 36.0 Å². The fourth-order valence-electron chi connectivity index (χ4n) is 9.20. The molecule has 0 saturated carbocycles. The van der Waals surface area contributed by atoms with Gasteiger partial charge in [0.05, 0.1) is 29.9 Å². The van der Waals surface area contributed by atoms with Crippen LogP contribution < -0.4 is 5.73 Å². The first-order valence-corrected chi connectivity index (χ1v) is 21.1. The van der Waals surface area contributed by atoms with Crippen LogP contribution in [0.15, 0.2) is 30.5 Å². The van der Waals surface area contributed by atoms with E-state index in [1.807, 2.05) is 50.3 Å². The number of fused-ring (bicyclic) bond motifs is 1. The molecule has 3 saturated heterocycles. The van der Waals surface area contributed by atoms with Crippen LogP contribution in [0.2, 0.25) is 0 Å². The van der Waals surface area contributed by atoms with Crippen molar-refractivity contribution in [2.45, 2.75) is 154 Å². The zero-order valence-electron chi connectivity index (χ0n) is 37.0. The number of benzene rings is 1. The number of aryl methyl sites for hydroxylation is 1. The highest BCUT2D eigenvalue weighted by molar-refractivity contribution is 6.00. The van der Waals surface area contributed by atoms with E-state index in [0.717, 1.165) is 5.56 Å². The first-order chi connectivity index (χ1) is 28.2. The number of ketones is 1. The molecule has 60 heavy (non-hydrogen) atoms. The maximum atomic E-state index is 14.4. The number of hydrogen-bond acceptors (Lipinski definition) is 15. The highest BCUT2D eigenvalue weighted by Crippen LogP contribution is 2.41. The quantitative estimate of drug-likeness (QED) is 0.107. The number of nitrogens with two attached hydrogens (primary N) is 1. The molecule has 5 rings (SSSR count). The van der Waals surface area contributed by atoms with Gasteiger partial charge in [-0.15, -0.1) is 5.10 Å². The van der Waals surface area contributed by atoms with Crippen LogP contribution in [0.25, 0.3) is 11.3 Å². The number of unbranched alkanes of at least 4 members (excludes halogenated alkanes) is 1. The van der Waals surface area contributed by atoms with E-state index in [2.05, 4.69) is 10.3 Å². The zero-order valence-corrected chi connectivity index (χ0v) is 37.0. The van der Waals surface area contributed by atoms with Crippen LogP contribution in [-0.2, 0) is 49.3 Å². The van der Waals surface area contributed by atoms with E-state index < -0.39 is 89.5 Å². The molecule has 0 radical (unpaired) electrons. The van der Waals surface area contributed by atoms with Gasteiger partial charge in [0.15, 0.2) is 17.7 Å². The summed E-state index contributed by atoms with van der Waals surface area (Å²) in [6.07, 6.45) is -2.34. The molecule has 3 aliphatic rings. The Balaban J connectivity index is 1.41. The number of anilines is 1. The number of nitrogen functional groups attached to an aromatic ring is 1. The van der Waals surface area contributed by atoms with E-state index in [1.54, 1.807) is 52.3 Å². The molecule has 17 heteroatoms. The number of aliphatic hydroxyl groups excluding tert-OH is 1. The first-order valence-electron chi connectivity index (χ1n) is 21.1. The number of aliphatic hydroxyl groups is 1. The molecule has 13 atom stereocenters. The van der Waals surface area contributed by atoms with Crippen molar-refractivity contribution in [2.75, 3.05) is 33.5 Å². The number of carbonyl (C=O) groups is 4. The maximum Gasteiger partial charge on any atom is 0.411 e. The van der Waals surface area contributed by atoms with Gasteiger partial charge in [-0.05, 0) is 93.0 Å². The van der Waals surface area contributed by atoms with Gasteiger partial charge in [-0.3, -0.25) is 24.0 Å². The average molecular weight is 843 g/mol. The molecule has 3 N–H and O–H groups in total. The molecule has 1 aromatic carbocycles. The first kappa shape index (κ1) is 46.9. The summed E-state index contributed by atoms with van der Waals surface area (Å²) in [6.45, 7) is 14.3. The Morgan fingerprint density at radius 2 is 1.72 bits per heavy atom. The van der Waals surface area contributed by atoms with Crippen LogP contribution in [0.1, 0.15) is 87.5 Å². The van der Waals surface area contributed by atoms with Gasteiger partial charge in [-0.25, -0.2) is 4.79 Å². The zero-order chi connectivity index (χ0) is 44.3. The lowest BCUT2D eigenvalue weighted by Gasteiger charge is -2.46. The van der Waals surface area contributed by atoms with E-state index in [9.17, 15) is 24.3 Å². The predicted octanol–water partition coefficient (Wildman–Crippen LogP) is 4.24.